The minimum Gasteiger partial charge on any atom is -0.301 e. The van der Waals surface area contributed by atoms with E-state index in [0.717, 1.165) is 11.3 Å². The van der Waals surface area contributed by atoms with E-state index < -0.39 is 5.91 Å². The van der Waals surface area contributed by atoms with Crippen LogP contribution in [0.15, 0.2) is 46.3 Å². The highest BCUT2D eigenvalue weighted by atomic mass is 32.2. The van der Waals surface area contributed by atoms with E-state index in [-0.39, 0.29) is 11.3 Å². The van der Waals surface area contributed by atoms with Crippen LogP contribution in [0.25, 0.3) is 0 Å². The highest BCUT2D eigenvalue weighted by Crippen LogP contribution is 2.09. The first-order chi connectivity index (χ1) is 10.2. The van der Waals surface area contributed by atoms with Gasteiger partial charge in [0.1, 0.15) is 5.69 Å². The van der Waals surface area contributed by atoms with E-state index in [2.05, 4.69) is 20.8 Å². The van der Waals surface area contributed by atoms with Crippen LogP contribution in [0.4, 0.5) is 0 Å². The topological polar surface area (TPSA) is 86.9 Å². The number of aromatic amines is 1. The monoisotopic (exact) mass is 304 g/mol. The fourth-order valence-corrected chi connectivity index (χ4v) is 2.25. The van der Waals surface area contributed by atoms with Crippen LogP contribution in [0, 0.1) is 0 Å². The number of H-pyrrole nitrogens is 1. The van der Waals surface area contributed by atoms with Gasteiger partial charge in [-0.25, -0.2) is 10.4 Å². The van der Waals surface area contributed by atoms with Crippen LogP contribution < -0.4 is 16.4 Å². The van der Waals surface area contributed by atoms with E-state index in [1.165, 1.54) is 17.8 Å². The summed E-state index contributed by atoms with van der Waals surface area (Å²) in [5.74, 6) is 0.329. The zero-order chi connectivity index (χ0) is 15.1. The van der Waals surface area contributed by atoms with E-state index in [1.54, 1.807) is 0 Å². The number of hydrazine groups is 1. The highest BCUT2D eigenvalue weighted by molar-refractivity contribution is 7.99. The van der Waals surface area contributed by atoms with Crippen molar-refractivity contribution < 1.29 is 4.79 Å². The van der Waals surface area contributed by atoms with E-state index in [9.17, 15) is 9.59 Å². The normalized spacial score (nSPS) is 10.3. The predicted molar refractivity (Wildman–Crippen MR) is 82.0 cm³/mol. The number of rotatable bonds is 6. The van der Waals surface area contributed by atoms with Crippen LogP contribution in [0.5, 0.6) is 0 Å². The fourth-order valence-electron chi connectivity index (χ4n) is 1.64. The lowest BCUT2D eigenvalue weighted by Crippen LogP contribution is -2.37. The Labute approximate surface area is 126 Å². The average molecular weight is 304 g/mol. The second kappa shape index (κ2) is 7.61. The van der Waals surface area contributed by atoms with Gasteiger partial charge in [-0.1, -0.05) is 49.0 Å². The van der Waals surface area contributed by atoms with Crippen molar-refractivity contribution in [3.05, 3.63) is 58.0 Å². The Morgan fingerprint density at radius 1 is 1.33 bits per heavy atom. The third-order valence-electron chi connectivity index (χ3n) is 2.57. The number of carbonyl (C=O) groups excluding carboxylic acids is 1. The lowest BCUT2D eigenvalue weighted by atomic mass is 10.2. The van der Waals surface area contributed by atoms with Crippen LogP contribution >= 0.6 is 11.8 Å². The van der Waals surface area contributed by atoms with Gasteiger partial charge in [0.25, 0.3) is 11.5 Å². The summed E-state index contributed by atoms with van der Waals surface area (Å²) in [6, 6.07) is 10.8. The van der Waals surface area contributed by atoms with Gasteiger partial charge in [0, 0.05) is 12.6 Å². The molecule has 1 aromatic heterocycles. The van der Waals surface area contributed by atoms with Crippen molar-refractivity contribution in [1.29, 1.82) is 0 Å². The van der Waals surface area contributed by atoms with E-state index in [0.29, 0.717) is 11.7 Å². The Bertz CT molecular complexity index is 658. The molecule has 1 aromatic carbocycles. The first-order valence-corrected chi connectivity index (χ1v) is 7.49. The van der Waals surface area contributed by atoms with Gasteiger partial charge >= 0.3 is 0 Å². The molecule has 2 rings (SSSR count). The number of hydrogen-bond donors (Lipinski definition) is 3. The minimum absolute atomic E-state index is 0.0928. The van der Waals surface area contributed by atoms with E-state index in [1.807, 2.05) is 37.3 Å². The molecule has 0 saturated heterocycles. The maximum Gasteiger partial charge on any atom is 0.284 e. The standard InChI is InChI=1S/C14H16N4O2S/c1-2-21-14-16-11(8-12(19)17-14)13(20)18-15-9-10-6-4-3-5-7-10/h3-8,15H,2,9H2,1H3,(H,18,20)(H,16,17,19). The molecule has 110 valence electrons. The Morgan fingerprint density at radius 2 is 2.10 bits per heavy atom. The summed E-state index contributed by atoms with van der Waals surface area (Å²) in [6.45, 7) is 2.44. The van der Waals surface area contributed by atoms with Gasteiger partial charge in [0.05, 0.1) is 0 Å². The second-order valence-electron chi connectivity index (χ2n) is 4.16. The summed E-state index contributed by atoms with van der Waals surface area (Å²) in [5.41, 5.74) is 6.14. The van der Waals surface area contributed by atoms with Crippen LogP contribution in [0.1, 0.15) is 23.0 Å². The van der Waals surface area contributed by atoms with Crippen molar-refractivity contribution in [3.63, 3.8) is 0 Å². The highest BCUT2D eigenvalue weighted by Gasteiger charge is 2.09. The Balaban J connectivity index is 1.95. The number of amides is 1. The predicted octanol–water partition coefficient (Wildman–Crippen LogP) is 1.32. The number of carbonyl (C=O) groups is 1. The van der Waals surface area contributed by atoms with Gasteiger partial charge in [0.2, 0.25) is 0 Å². The molecule has 0 fully saturated rings. The molecule has 7 heteroatoms. The Morgan fingerprint density at radius 3 is 2.81 bits per heavy atom. The van der Waals surface area contributed by atoms with Crippen LogP contribution in [-0.2, 0) is 6.54 Å². The number of thioether (sulfide) groups is 1. The molecule has 2 aromatic rings. The van der Waals surface area contributed by atoms with Crippen LogP contribution in [0.2, 0.25) is 0 Å². The summed E-state index contributed by atoms with van der Waals surface area (Å²) < 4.78 is 0. The zero-order valence-electron chi connectivity index (χ0n) is 11.6. The maximum atomic E-state index is 11.9. The molecule has 0 unspecified atom stereocenters. The third kappa shape index (κ3) is 4.73. The molecule has 0 saturated carbocycles. The summed E-state index contributed by atoms with van der Waals surface area (Å²) >= 11 is 1.37. The molecular formula is C14H16N4O2S. The van der Waals surface area contributed by atoms with Gasteiger partial charge in [-0.2, -0.15) is 0 Å². The average Bonchev–Trinajstić information content (AvgIpc) is 2.48. The number of nitrogens with one attached hydrogen (secondary N) is 3. The first-order valence-electron chi connectivity index (χ1n) is 6.50. The summed E-state index contributed by atoms with van der Waals surface area (Å²) in [7, 11) is 0. The summed E-state index contributed by atoms with van der Waals surface area (Å²) in [4.78, 5) is 30.1. The zero-order valence-corrected chi connectivity index (χ0v) is 12.4. The smallest absolute Gasteiger partial charge is 0.284 e. The van der Waals surface area contributed by atoms with Gasteiger partial charge < -0.3 is 4.98 Å². The molecule has 0 atom stereocenters. The number of aromatic nitrogens is 2. The molecule has 0 radical (unpaired) electrons. The summed E-state index contributed by atoms with van der Waals surface area (Å²) in [6.07, 6.45) is 0. The van der Waals surface area contributed by atoms with E-state index in [4.69, 9.17) is 0 Å². The molecule has 1 heterocycles. The molecule has 0 spiro atoms. The lowest BCUT2D eigenvalue weighted by Gasteiger charge is -2.07. The molecular weight excluding hydrogens is 288 g/mol. The van der Waals surface area contributed by atoms with Crippen molar-refractivity contribution in [1.82, 2.24) is 20.8 Å². The maximum absolute atomic E-state index is 11.9. The molecule has 3 N–H and O–H groups in total. The number of hydrogen-bond acceptors (Lipinski definition) is 5. The van der Waals surface area contributed by atoms with Crippen LogP contribution in [-0.4, -0.2) is 21.6 Å². The SMILES string of the molecule is CCSc1nc(C(=O)NNCc2ccccc2)cc(=O)[nH]1. The summed E-state index contributed by atoms with van der Waals surface area (Å²) in [5, 5.41) is 0.443. The molecule has 21 heavy (non-hydrogen) atoms. The van der Waals surface area contributed by atoms with Crippen molar-refractivity contribution in [2.24, 2.45) is 0 Å². The fraction of sp³-hybridized carbons (Fsp3) is 0.214. The van der Waals surface area contributed by atoms with Gasteiger partial charge in [-0.15, -0.1) is 0 Å². The lowest BCUT2D eigenvalue weighted by molar-refractivity contribution is 0.0926. The van der Waals surface area contributed by atoms with Gasteiger partial charge in [-0.3, -0.25) is 15.0 Å². The molecule has 0 aliphatic rings. The van der Waals surface area contributed by atoms with E-state index >= 15 is 0 Å². The molecule has 0 aliphatic carbocycles. The first kappa shape index (κ1) is 15.3. The van der Waals surface area contributed by atoms with Crippen molar-refractivity contribution in [2.75, 3.05) is 5.75 Å². The van der Waals surface area contributed by atoms with Crippen LogP contribution in [0.3, 0.4) is 0 Å². The van der Waals surface area contributed by atoms with Crippen molar-refractivity contribution in [2.45, 2.75) is 18.6 Å². The van der Waals surface area contributed by atoms with Gasteiger partial charge in [0.15, 0.2) is 5.16 Å². The quantitative estimate of drug-likeness (QED) is 0.425. The van der Waals surface area contributed by atoms with Gasteiger partial charge in [-0.05, 0) is 11.3 Å². The minimum atomic E-state index is -0.435. The van der Waals surface area contributed by atoms with Crippen molar-refractivity contribution >= 4 is 17.7 Å². The Hall–Kier alpha value is -2.12. The molecule has 0 aliphatic heterocycles. The number of benzene rings is 1. The second-order valence-corrected chi connectivity index (χ2v) is 5.41. The molecule has 0 bridgehead atoms. The largest absolute Gasteiger partial charge is 0.301 e. The number of nitrogens with zero attached hydrogens (tertiary/aromatic N) is 1. The molecule has 1 amide bonds. The molecule has 6 nitrogen and oxygen atoms in total. The third-order valence-corrected chi connectivity index (χ3v) is 3.33. The van der Waals surface area contributed by atoms with Crippen molar-refractivity contribution in [3.8, 4) is 0 Å². The Kier molecular flexibility index (Phi) is 5.53.